The number of carbonyl (C=O) groups excluding carboxylic acids is 3. The second-order valence-corrected chi connectivity index (χ2v) is 12.5. The molecule has 0 aromatic heterocycles. The van der Waals surface area contributed by atoms with Crippen LogP contribution in [-0.2, 0) is 33.9 Å². The number of amides is 3. The normalized spacial score (nSPS) is 16.3. The van der Waals surface area contributed by atoms with Crippen molar-refractivity contribution in [3.05, 3.63) is 124 Å². The van der Waals surface area contributed by atoms with Gasteiger partial charge in [-0.3, -0.25) is 9.59 Å². The number of nitrogens with zero attached hydrogens (tertiary/aromatic N) is 2. The topological polar surface area (TPSA) is 104 Å². The molecular weight excluding hydrogens is 636 g/mol. The molecule has 4 aromatic carbocycles. The highest BCUT2D eigenvalue weighted by atomic mass is 16.7. The van der Waals surface area contributed by atoms with Gasteiger partial charge in [0.15, 0.2) is 11.5 Å². The number of rotatable bonds is 10. The van der Waals surface area contributed by atoms with Gasteiger partial charge in [-0.1, -0.05) is 72.8 Å². The zero-order valence-electron chi connectivity index (χ0n) is 28.8. The Hall–Kier alpha value is -5.77. The molecule has 10 heteroatoms. The van der Waals surface area contributed by atoms with Crippen LogP contribution < -0.4 is 18.9 Å². The van der Waals surface area contributed by atoms with E-state index in [2.05, 4.69) is 0 Å². The van der Waals surface area contributed by atoms with Crippen molar-refractivity contribution in [3.63, 3.8) is 0 Å². The lowest BCUT2D eigenvalue weighted by Crippen LogP contribution is -2.61. The van der Waals surface area contributed by atoms with Gasteiger partial charge in [0, 0.05) is 17.5 Å². The quantitative estimate of drug-likeness (QED) is 0.166. The summed E-state index contributed by atoms with van der Waals surface area (Å²) >= 11 is 0. The van der Waals surface area contributed by atoms with Gasteiger partial charge >= 0.3 is 6.09 Å². The minimum absolute atomic E-state index is 0.00968. The van der Waals surface area contributed by atoms with Gasteiger partial charge in [0.25, 0.3) is 11.8 Å². The summed E-state index contributed by atoms with van der Waals surface area (Å²) < 4.78 is 28.9. The van der Waals surface area contributed by atoms with Crippen LogP contribution in [0.2, 0.25) is 0 Å². The molecule has 6 rings (SSSR count). The zero-order chi connectivity index (χ0) is 35.4. The Morgan fingerprint density at radius 3 is 2.28 bits per heavy atom. The third kappa shape index (κ3) is 7.15. The molecule has 0 spiro atoms. The molecule has 4 aromatic rings. The van der Waals surface area contributed by atoms with E-state index in [0.717, 1.165) is 27.2 Å². The van der Waals surface area contributed by atoms with E-state index in [1.807, 2.05) is 92.7 Å². The first-order valence-corrected chi connectivity index (χ1v) is 16.5. The molecule has 0 N–H and O–H groups in total. The molecule has 1 fully saturated rings. The summed E-state index contributed by atoms with van der Waals surface area (Å²) in [5.41, 5.74) is 4.51. The third-order valence-electron chi connectivity index (χ3n) is 8.59. The van der Waals surface area contributed by atoms with Crippen LogP contribution in [0.5, 0.6) is 23.0 Å². The molecule has 1 saturated heterocycles. The van der Waals surface area contributed by atoms with Gasteiger partial charge in [-0.15, -0.1) is 0 Å². The molecule has 2 heterocycles. The smallest absolute Gasteiger partial charge is 0.417 e. The van der Waals surface area contributed by atoms with Crippen molar-refractivity contribution in [3.8, 4) is 23.0 Å². The van der Waals surface area contributed by atoms with Gasteiger partial charge in [0.2, 0.25) is 6.79 Å². The number of hydrogen-bond donors (Lipinski definition) is 0. The van der Waals surface area contributed by atoms with Crippen LogP contribution in [0.3, 0.4) is 0 Å². The van der Waals surface area contributed by atoms with Crippen molar-refractivity contribution < 1.29 is 38.1 Å². The Balaban J connectivity index is 1.48. The molecule has 1 unspecified atom stereocenters. The standard InChI is InChI=1S/C40H40N2O8/c1-25(2)50-40(45)42-33(19-30-16-17-34(46-5)26(3)18-30)38(43)41(22-28-12-8-6-9-13-28)32(39(42)44)20-31-21-35-37(49-24-48-35)27(4)36(31)47-23-29-14-10-7-11-15-29/h6-18,20-21,25,33H,19,22-24H2,1-5H3/b32-20-. The van der Waals surface area contributed by atoms with Crippen molar-refractivity contribution >= 4 is 24.0 Å². The zero-order valence-corrected chi connectivity index (χ0v) is 28.8. The first-order valence-electron chi connectivity index (χ1n) is 16.5. The number of fused-ring (bicyclic) bond motifs is 1. The fourth-order valence-electron chi connectivity index (χ4n) is 6.19. The summed E-state index contributed by atoms with van der Waals surface area (Å²) in [4.78, 5) is 45.6. The van der Waals surface area contributed by atoms with Crippen LogP contribution in [0, 0.1) is 13.8 Å². The predicted molar refractivity (Wildman–Crippen MR) is 187 cm³/mol. The van der Waals surface area contributed by atoms with Gasteiger partial charge < -0.3 is 28.6 Å². The summed E-state index contributed by atoms with van der Waals surface area (Å²) in [7, 11) is 1.59. The Morgan fingerprint density at radius 1 is 0.920 bits per heavy atom. The first kappa shape index (κ1) is 34.1. The van der Waals surface area contributed by atoms with Crippen LogP contribution in [0.1, 0.15) is 47.2 Å². The number of benzene rings is 4. The molecule has 0 aliphatic carbocycles. The highest BCUT2D eigenvalue weighted by Crippen LogP contribution is 2.44. The van der Waals surface area contributed by atoms with Crippen LogP contribution in [0.25, 0.3) is 6.08 Å². The molecular formula is C40H40N2O8. The average Bonchev–Trinajstić information content (AvgIpc) is 3.58. The monoisotopic (exact) mass is 676 g/mol. The van der Waals surface area contributed by atoms with Gasteiger partial charge in [-0.05, 0) is 68.2 Å². The van der Waals surface area contributed by atoms with Gasteiger partial charge in [-0.2, -0.15) is 0 Å². The first-order chi connectivity index (χ1) is 24.1. The molecule has 1 atom stereocenters. The molecule has 0 radical (unpaired) electrons. The average molecular weight is 677 g/mol. The van der Waals surface area contributed by atoms with E-state index >= 15 is 0 Å². The van der Waals surface area contributed by atoms with Crippen molar-refractivity contribution in [2.24, 2.45) is 0 Å². The second kappa shape index (κ2) is 14.8. The van der Waals surface area contributed by atoms with E-state index in [4.69, 9.17) is 23.7 Å². The van der Waals surface area contributed by atoms with Crippen molar-refractivity contribution in [1.29, 1.82) is 0 Å². The lowest BCUT2D eigenvalue weighted by molar-refractivity contribution is -0.149. The third-order valence-corrected chi connectivity index (χ3v) is 8.59. The molecule has 10 nitrogen and oxygen atoms in total. The summed E-state index contributed by atoms with van der Waals surface area (Å²) in [6.45, 7) is 7.51. The largest absolute Gasteiger partial charge is 0.496 e. The van der Waals surface area contributed by atoms with E-state index in [1.54, 1.807) is 33.1 Å². The maximum absolute atomic E-state index is 14.7. The summed E-state index contributed by atoms with van der Waals surface area (Å²) in [6.07, 6.45) is 0.234. The van der Waals surface area contributed by atoms with Gasteiger partial charge in [0.05, 0.1) is 19.8 Å². The van der Waals surface area contributed by atoms with Crippen LogP contribution in [-0.4, -0.2) is 53.8 Å². The maximum Gasteiger partial charge on any atom is 0.417 e. The van der Waals surface area contributed by atoms with E-state index in [1.165, 1.54) is 4.90 Å². The molecule has 0 bridgehead atoms. The molecule has 2 aliphatic rings. The van der Waals surface area contributed by atoms with Crippen LogP contribution in [0.15, 0.2) is 90.6 Å². The summed E-state index contributed by atoms with van der Waals surface area (Å²) in [5.74, 6) is 1.06. The highest BCUT2D eigenvalue weighted by Gasteiger charge is 2.47. The molecule has 258 valence electrons. The fourth-order valence-corrected chi connectivity index (χ4v) is 6.19. The van der Waals surface area contributed by atoms with Gasteiger partial charge in [0.1, 0.15) is 29.8 Å². The maximum atomic E-state index is 14.7. The molecule has 3 amide bonds. The number of methoxy groups -OCH3 is 1. The minimum Gasteiger partial charge on any atom is -0.496 e. The number of aryl methyl sites for hydroxylation is 1. The van der Waals surface area contributed by atoms with Crippen LogP contribution in [0.4, 0.5) is 4.79 Å². The lowest BCUT2D eigenvalue weighted by atomic mass is 9.97. The second-order valence-electron chi connectivity index (χ2n) is 12.5. The Bertz CT molecular complexity index is 1920. The van der Waals surface area contributed by atoms with Crippen molar-refractivity contribution in [1.82, 2.24) is 9.80 Å². The molecule has 0 saturated carbocycles. The number of piperazine rings is 1. The van der Waals surface area contributed by atoms with E-state index in [9.17, 15) is 14.4 Å². The van der Waals surface area contributed by atoms with E-state index < -0.39 is 30.1 Å². The summed E-state index contributed by atoms with van der Waals surface area (Å²) in [5, 5.41) is 0. The van der Waals surface area contributed by atoms with E-state index in [-0.39, 0.29) is 32.1 Å². The number of imide groups is 1. The summed E-state index contributed by atoms with van der Waals surface area (Å²) in [6, 6.07) is 25.2. The minimum atomic E-state index is -1.17. The fraction of sp³-hybridized carbons (Fsp3) is 0.275. The van der Waals surface area contributed by atoms with Gasteiger partial charge in [-0.25, -0.2) is 9.69 Å². The number of ether oxygens (including phenoxy) is 5. The predicted octanol–water partition coefficient (Wildman–Crippen LogP) is 6.99. The van der Waals surface area contributed by atoms with Crippen molar-refractivity contribution in [2.75, 3.05) is 13.9 Å². The number of hydrogen-bond acceptors (Lipinski definition) is 8. The van der Waals surface area contributed by atoms with Crippen LogP contribution >= 0.6 is 0 Å². The highest BCUT2D eigenvalue weighted by molar-refractivity contribution is 6.13. The Labute approximate surface area is 291 Å². The molecule has 2 aliphatic heterocycles. The molecule has 50 heavy (non-hydrogen) atoms. The Morgan fingerprint density at radius 2 is 1.62 bits per heavy atom. The Kier molecular flexibility index (Phi) is 10.1. The SMILES string of the molecule is COc1ccc(CC2C(=O)N(Cc3ccccc3)/C(=C\c3cc4c(c(C)c3OCc3ccccc3)OCO4)C(=O)N2C(=O)OC(C)C)cc1C. The van der Waals surface area contributed by atoms with Crippen molar-refractivity contribution in [2.45, 2.75) is 59.4 Å². The lowest BCUT2D eigenvalue weighted by Gasteiger charge is -2.40. The van der Waals surface area contributed by atoms with E-state index in [0.29, 0.717) is 34.1 Å². The number of carbonyl (C=O) groups is 3.